The molecule has 5 heteroatoms. The van der Waals surface area contributed by atoms with Gasteiger partial charge >= 0.3 is 0 Å². The quantitative estimate of drug-likeness (QED) is 0.338. The lowest BCUT2D eigenvalue weighted by Gasteiger charge is -2.37. The third-order valence-electron chi connectivity index (χ3n) is 7.35. The van der Waals surface area contributed by atoms with Gasteiger partial charge in [-0.25, -0.2) is 4.39 Å². The number of hydrazone groups is 1. The van der Waals surface area contributed by atoms with Crippen molar-refractivity contribution >= 4 is 12.1 Å². The number of rotatable bonds is 8. The number of amides is 1. The Labute approximate surface area is 209 Å². The van der Waals surface area contributed by atoms with E-state index < -0.39 is 0 Å². The summed E-state index contributed by atoms with van der Waals surface area (Å²) in [6.45, 7) is 2.73. The van der Waals surface area contributed by atoms with E-state index in [9.17, 15) is 9.18 Å². The highest BCUT2D eigenvalue weighted by Gasteiger charge is 2.30. The summed E-state index contributed by atoms with van der Waals surface area (Å²) < 4.78 is 13.5. The molecule has 4 rings (SSSR count). The zero-order valence-corrected chi connectivity index (χ0v) is 20.9. The molecule has 1 N–H and O–H groups in total. The standard InChI is InChI=1S/C30H38FN3O/c1-23-10-8-9-13-26(20-24-16-18-27(31)19-17-24)30(23)34(28-14-6-3-7-15-28)33-22-29(35)32-21-25-11-4-2-5-12-25/h2,4-5,11-12,16-19,22,26,28H,3,6-10,13-15,20-21H2,1H3,(H,32,35)/b33-22+. The molecule has 0 saturated heterocycles. The van der Waals surface area contributed by atoms with E-state index in [1.165, 1.54) is 49.6 Å². The predicted molar refractivity (Wildman–Crippen MR) is 140 cm³/mol. The Balaban J connectivity index is 1.56. The molecule has 2 aliphatic carbocycles. The number of hydrogen-bond donors (Lipinski definition) is 1. The Bertz CT molecular complexity index is 1010. The summed E-state index contributed by atoms with van der Waals surface area (Å²) in [6, 6.07) is 17.2. The first-order valence-electron chi connectivity index (χ1n) is 13.2. The molecule has 2 aliphatic rings. The molecule has 186 valence electrons. The van der Waals surface area contributed by atoms with Gasteiger partial charge in [0, 0.05) is 18.2 Å². The van der Waals surface area contributed by atoms with Crippen LogP contribution >= 0.6 is 0 Å². The molecule has 0 aromatic heterocycles. The number of nitrogens with one attached hydrogen (secondary N) is 1. The van der Waals surface area contributed by atoms with Crippen LogP contribution in [-0.4, -0.2) is 23.2 Å². The van der Waals surface area contributed by atoms with Crippen molar-refractivity contribution in [3.63, 3.8) is 0 Å². The minimum Gasteiger partial charge on any atom is -0.347 e. The van der Waals surface area contributed by atoms with Crippen molar-refractivity contribution in [2.24, 2.45) is 11.0 Å². The Morgan fingerprint density at radius 3 is 2.43 bits per heavy atom. The van der Waals surface area contributed by atoms with Gasteiger partial charge in [-0.3, -0.25) is 9.80 Å². The highest BCUT2D eigenvalue weighted by Crippen LogP contribution is 2.37. The smallest absolute Gasteiger partial charge is 0.264 e. The van der Waals surface area contributed by atoms with E-state index in [-0.39, 0.29) is 11.7 Å². The number of allylic oxidation sites excluding steroid dienone is 2. The van der Waals surface area contributed by atoms with Crippen molar-refractivity contribution in [3.05, 3.63) is 82.8 Å². The van der Waals surface area contributed by atoms with Crippen molar-refractivity contribution in [2.45, 2.75) is 83.7 Å². The highest BCUT2D eigenvalue weighted by atomic mass is 19.1. The Hall–Kier alpha value is -2.95. The summed E-state index contributed by atoms with van der Waals surface area (Å²) in [6.07, 6.45) is 12.7. The van der Waals surface area contributed by atoms with E-state index in [0.717, 1.165) is 43.2 Å². The van der Waals surface area contributed by atoms with E-state index in [4.69, 9.17) is 5.10 Å². The van der Waals surface area contributed by atoms with Crippen molar-refractivity contribution in [2.75, 3.05) is 0 Å². The van der Waals surface area contributed by atoms with Gasteiger partial charge in [0.25, 0.3) is 5.91 Å². The average molecular weight is 476 g/mol. The van der Waals surface area contributed by atoms with E-state index in [0.29, 0.717) is 18.5 Å². The highest BCUT2D eigenvalue weighted by molar-refractivity contribution is 6.26. The average Bonchev–Trinajstić information content (AvgIpc) is 3.07. The second-order valence-electron chi connectivity index (χ2n) is 10.0. The Morgan fingerprint density at radius 1 is 0.971 bits per heavy atom. The molecule has 35 heavy (non-hydrogen) atoms. The lowest BCUT2D eigenvalue weighted by Crippen LogP contribution is -2.37. The fourth-order valence-corrected chi connectivity index (χ4v) is 5.50. The fraction of sp³-hybridized carbons (Fsp3) is 0.467. The Kier molecular flexibility index (Phi) is 9.10. The van der Waals surface area contributed by atoms with Gasteiger partial charge in [0.2, 0.25) is 0 Å². The van der Waals surface area contributed by atoms with Gasteiger partial charge in [-0.2, -0.15) is 5.10 Å². The molecule has 2 aromatic rings. The molecule has 1 unspecified atom stereocenters. The van der Waals surface area contributed by atoms with Gasteiger partial charge < -0.3 is 5.32 Å². The summed E-state index contributed by atoms with van der Waals surface area (Å²) in [4.78, 5) is 12.7. The molecule has 0 aliphatic heterocycles. The van der Waals surface area contributed by atoms with Crippen LogP contribution in [0.2, 0.25) is 0 Å². The minimum absolute atomic E-state index is 0.170. The zero-order valence-electron chi connectivity index (χ0n) is 20.9. The minimum atomic E-state index is -0.198. The summed E-state index contributed by atoms with van der Waals surface area (Å²) >= 11 is 0. The van der Waals surface area contributed by atoms with Crippen LogP contribution in [0.5, 0.6) is 0 Å². The lowest BCUT2D eigenvalue weighted by molar-refractivity contribution is -0.114. The molecule has 4 nitrogen and oxygen atoms in total. The van der Waals surface area contributed by atoms with E-state index in [1.807, 2.05) is 42.5 Å². The van der Waals surface area contributed by atoms with Crippen LogP contribution in [-0.2, 0) is 17.8 Å². The first kappa shape index (κ1) is 25.2. The predicted octanol–water partition coefficient (Wildman–Crippen LogP) is 6.77. The van der Waals surface area contributed by atoms with Crippen LogP contribution < -0.4 is 5.32 Å². The number of benzene rings is 2. The van der Waals surface area contributed by atoms with Crippen LogP contribution in [0.3, 0.4) is 0 Å². The summed E-state index contributed by atoms with van der Waals surface area (Å²) in [5, 5.41) is 10.0. The van der Waals surface area contributed by atoms with Crippen molar-refractivity contribution in [1.82, 2.24) is 10.3 Å². The van der Waals surface area contributed by atoms with Crippen molar-refractivity contribution < 1.29 is 9.18 Å². The molecule has 0 spiro atoms. The lowest BCUT2D eigenvalue weighted by atomic mass is 9.88. The van der Waals surface area contributed by atoms with Gasteiger partial charge in [0.1, 0.15) is 12.0 Å². The molecule has 1 atom stereocenters. The largest absolute Gasteiger partial charge is 0.347 e. The van der Waals surface area contributed by atoms with Crippen LogP contribution in [0.1, 0.15) is 75.8 Å². The second kappa shape index (κ2) is 12.7. The monoisotopic (exact) mass is 475 g/mol. The number of halogens is 1. The first-order chi connectivity index (χ1) is 17.1. The first-order valence-corrected chi connectivity index (χ1v) is 13.2. The second-order valence-corrected chi connectivity index (χ2v) is 10.0. The SMILES string of the molecule is CC1=C(N(/N=C/C(=O)NCc2ccccc2)C2CCCCC2)C(Cc2ccc(F)cc2)CCCC1. The summed E-state index contributed by atoms with van der Waals surface area (Å²) in [5.41, 5.74) is 4.88. The normalized spacial score (nSPS) is 19.5. The fourth-order valence-electron chi connectivity index (χ4n) is 5.50. The molecule has 2 aromatic carbocycles. The van der Waals surface area contributed by atoms with Gasteiger partial charge in [-0.1, -0.05) is 73.7 Å². The van der Waals surface area contributed by atoms with Crippen LogP contribution in [0.25, 0.3) is 0 Å². The maximum Gasteiger partial charge on any atom is 0.264 e. The summed E-state index contributed by atoms with van der Waals surface area (Å²) in [5.74, 6) is -0.0532. The third-order valence-corrected chi connectivity index (χ3v) is 7.35. The molecule has 1 fully saturated rings. The maximum absolute atomic E-state index is 13.5. The van der Waals surface area contributed by atoms with E-state index >= 15 is 0 Å². The van der Waals surface area contributed by atoms with E-state index in [1.54, 1.807) is 12.1 Å². The van der Waals surface area contributed by atoms with E-state index in [2.05, 4.69) is 17.2 Å². The zero-order chi connectivity index (χ0) is 24.5. The summed E-state index contributed by atoms with van der Waals surface area (Å²) in [7, 11) is 0. The molecule has 0 radical (unpaired) electrons. The molecule has 0 heterocycles. The van der Waals surface area contributed by atoms with Crippen molar-refractivity contribution in [1.29, 1.82) is 0 Å². The van der Waals surface area contributed by atoms with Gasteiger partial charge in [-0.15, -0.1) is 0 Å². The maximum atomic E-state index is 13.5. The third kappa shape index (κ3) is 7.27. The molecule has 0 bridgehead atoms. The molecule has 1 saturated carbocycles. The Morgan fingerprint density at radius 2 is 1.69 bits per heavy atom. The van der Waals surface area contributed by atoms with Gasteiger partial charge in [0.05, 0.1) is 6.04 Å². The van der Waals surface area contributed by atoms with Crippen LogP contribution in [0.15, 0.2) is 71.0 Å². The molecular formula is C30H38FN3O. The van der Waals surface area contributed by atoms with Crippen molar-refractivity contribution in [3.8, 4) is 0 Å². The number of nitrogens with zero attached hydrogens (tertiary/aromatic N) is 2. The van der Waals surface area contributed by atoms with Crippen LogP contribution in [0, 0.1) is 11.7 Å². The number of carbonyl (C=O) groups is 1. The topological polar surface area (TPSA) is 44.7 Å². The number of hydrogen-bond acceptors (Lipinski definition) is 3. The molecule has 1 amide bonds. The molecular weight excluding hydrogens is 437 g/mol. The number of carbonyl (C=O) groups excluding carboxylic acids is 1. The van der Waals surface area contributed by atoms with Gasteiger partial charge in [-0.05, 0) is 68.7 Å². The van der Waals surface area contributed by atoms with Gasteiger partial charge in [0.15, 0.2) is 0 Å². The van der Waals surface area contributed by atoms with Crippen LogP contribution in [0.4, 0.5) is 4.39 Å².